The summed E-state index contributed by atoms with van der Waals surface area (Å²) >= 11 is 0. The molecule has 6 nitrogen and oxygen atoms in total. The summed E-state index contributed by atoms with van der Waals surface area (Å²) < 4.78 is 7.80. The smallest absolute Gasteiger partial charge is 0.410 e. The number of imidazole rings is 1. The van der Waals surface area contributed by atoms with Gasteiger partial charge < -0.3 is 14.2 Å². The number of likely N-dealkylation sites (tertiary alicyclic amines) is 1. The standard InChI is InChI=1S/C25H29N3O3/c1-24(2,3)31-23(30)27-12-15-8-9-16(13-27)25(15)10-19(22(25)29)21-18-7-5-4-6-17(18)20-11-26-14-28(20)21/h4-7,11,14-16,19,21H,8-10,12-13H2,1-3H3. The zero-order valence-electron chi connectivity index (χ0n) is 18.4. The number of benzene rings is 1. The summed E-state index contributed by atoms with van der Waals surface area (Å²) in [7, 11) is 0. The van der Waals surface area contributed by atoms with Gasteiger partial charge in [-0.2, -0.15) is 0 Å². The second-order valence-electron chi connectivity index (χ2n) is 10.8. The van der Waals surface area contributed by atoms with E-state index in [2.05, 4.69) is 33.8 Å². The number of piperidine rings is 1. The van der Waals surface area contributed by atoms with E-state index in [1.807, 2.05) is 38.2 Å². The van der Waals surface area contributed by atoms with E-state index in [0.29, 0.717) is 18.9 Å². The zero-order chi connectivity index (χ0) is 21.5. The minimum atomic E-state index is -0.499. The second-order valence-corrected chi connectivity index (χ2v) is 10.8. The first kappa shape index (κ1) is 19.1. The molecule has 0 N–H and O–H groups in total. The monoisotopic (exact) mass is 419 g/mol. The lowest BCUT2D eigenvalue weighted by molar-refractivity contribution is -0.162. The van der Waals surface area contributed by atoms with Crippen LogP contribution < -0.4 is 0 Å². The van der Waals surface area contributed by atoms with Crippen LogP contribution in [0.15, 0.2) is 36.8 Å². The van der Waals surface area contributed by atoms with Crippen LogP contribution in [-0.4, -0.2) is 45.0 Å². The third-order valence-corrected chi connectivity index (χ3v) is 8.11. The lowest BCUT2D eigenvalue weighted by Crippen LogP contribution is -2.63. The fraction of sp³-hybridized carbons (Fsp3) is 0.560. The second kappa shape index (κ2) is 6.21. The molecule has 2 aliphatic carbocycles. The molecule has 2 saturated carbocycles. The summed E-state index contributed by atoms with van der Waals surface area (Å²) in [4.78, 5) is 32.7. The first-order valence-electron chi connectivity index (χ1n) is 11.4. The molecule has 1 spiro atoms. The van der Waals surface area contributed by atoms with Crippen molar-refractivity contribution in [3.05, 3.63) is 42.4 Å². The number of rotatable bonds is 1. The molecule has 2 aliphatic heterocycles. The Balaban J connectivity index is 1.25. The number of carbonyl (C=O) groups is 2. The highest BCUT2D eigenvalue weighted by molar-refractivity contribution is 5.96. The number of fused-ring (bicyclic) bond motifs is 3. The van der Waals surface area contributed by atoms with Crippen molar-refractivity contribution in [2.75, 3.05) is 13.1 Å². The van der Waals surface area contributed by atoms with Crippen molar-refractivity contribution in [2.45, 2.75) is 51.7 Å². The molecule has 6 rings (SSSR count). The van der Waals surface area contributed by atoms with Gasteiger partial charge in [0.1, 0.15) is 11.4 Å². The number of ether oxygens (including phenoxy) is 1. The predicted octanol–water partition coefficient (Wildman–Crippen LogP) is 4.31. The summed E-state index contributed by atoms with van der Waals surface area (Å²) in [5, 5.41) is 0. The highest BCUT2D eigenvalue weighted by Gasteiger charge is 2.68. The SMILES string of the molecule is CC(C)(C)OC(=O)N1CC2CCC(C1)C21CC(C2c3ccccc3-c3cncn32)C1=O. The summed E-state index contributed by atoms with van der Waals surface area (Å²) in [5.41, 5.74) is 2.80. The van der Waals surface area contributed by atoms with Gasteiger partial charge >= 0.3 is 6.09 Å². The van der Waals surface area contributed by atoms with Crippen LogP contribution in [0.3, 0.4) is 0 Å². The van der Waals surface area contributed by atoms with Crippen LogP contribution in [0.4, 0.5) is 4.79 Å². The Kier molecular flexibility index (Phi) is 3.82. The number of hydrogen-bond donors (Lipinski definition) is 0. The number of Topliss-reactive ketones (excluding diaryl/α,β-unsaturated/α-hetero) is 1. The van der Waals surface area contributed by atoms with Crippen molar-refractivity contribution in [2.24, 2.45) is 23.2 Å². The summed E-state index contributed by atoms with van der Waals surface area (Å²) in [6.07, 6.45) is 6.51. The topological polar surface area (TPSA) is 64.4 Å². The van der Waals surface area contributed by atoms with E-state index in [-0.39, 0.29) is 35.3 Å². The average Bonchev–Trinajstić information content (AvgIpc) is 3.35. The average molecular weight is 420 g/mol. The number of ketones is 1. The Labute approximate surface area is 182 Å². The van der Waals surface area contributed by atoms with Crippen molar-refractivity contribution >= 4 is 11.9 Å². The fourth-order valence-corrected chi connectivity index (χ4v) is 6.89. The molecule has 1 saturated heterocycles. The van der Waals surface area contributed by atoms with Gasteiger partial charge in [0.05, 0.1) is 24.3 Å². The molecule has 1 aromatic heterocycles. The van der Waals surface area contributed by atoms with Crippen molar-refractivity contribution in [3.8, 4) is 11.3 Å². The molecular weight excluding hydrogens is 390 g/mol. The first-order chi connectivity index (χ1) is 14.8. The van der Waals surface area contributed by atoms with E-state index < -0.39 is 5.60 Å². The molecule has 3 heterocycles. The number of amides is 1. The molecule has 4 unspecified atom stereocenters. The van der Waals surface area contributed by atoms with E-state index in [9.17, 15) is 9.59 Å². The molecule has 0 radical (unpaired) electrons. The van der Waals surface area contributed by atoms with E-state index in [1.165, 1.54) is 11.1 Å². The van der Waals surface area contributed by atoms with E-state index in [4.69, 9.17) is 4.74 Å². The Hall–Kier alpha value is -2.63. The van der Waals surface area contributed by atoms with Crippen LogP contribution in [0.2, 0.25) is 0 Å². The quantitative estimate of drug-likeness (QED) is 0.691. The zero-order valence-corrected chi connectivity index (χ0v) is 18.4. The number of hydrogen-bond acceptors (Lipinski definition) is 4. The van der Waals surface area contributed by atoms with Crippen molar-refractivity contribution in [3.63, 3.8) is 0 Å². The van der Waals surface area contributed by atoms with Gasteiger partial charge in [-0.3, -0.25) is 4.79 Å². The molecule has 31 heavy (non-hydrogen) atoms. The van der Waals surface area contributed by atoms with Crippen LogP contribution in [0.25, 0.3) is 11.3 Å². The maximum absolute atomic E-state index is 13.9. The van der Waals surface area contributed by atoms with Crippen molar-refractivity contribution < 1.29 is 14.3 Å². The van der Waals surface area contributed by atoms with Crippen LogP contribution in [0, 0.1) is 23.2 Å². The summed E-state index contributed by atoms with van der Waals surface area (Å²) in [6, 6.07) is 8.45. The van der Waals surface area contributed by atoms with E-state index in [0.717, 1.165) is 25.0 Å². The summed E-state index contributed by atoms with van der Waals surface area (Å²) in [5.74, 6) is 0.904. The maximum atomic E-state index is 13.9. The van der Waals surface area contributed by atoms with Gasteiger partial charge in [-0.1, -0.05) is 24.3 Å². The van der Waals surface area contributed by atoms with Gasteiger partial charge in [0.25, 0.3) is 0 Å². The fourth-order valence-electron chi connectivity index (χ4n) is 6.89. The van der Waals surface area contributed by atoms with Gasteiger partial charge in [0, 0.05) is 30.0 Å². The Morgan fingerprint density at radius 2 is 1.87 bits per heavy atom. The Bertz CT molecular complexity index is 1070. The lowest BCUT2D eigenvalue weighted by atomic mass is 9.49. The molecule has 6 heteroatoms. The number of aromatic nitrogens is 2. The largest absolute Gasteiger partial charge is 0.444 e. The predicted molar refractivity (Wildman–Crippen MR) is 115 cm³/mol. The van der Waals surface area contributed by atoms with Crippen LogP contribution in [0.5, 0.6) is 0 Å². The van der Waals surface area contributed by atoms with Gasteiger partial charge in [0.2, 0.25) is 0 Å². The number of carbonyl (C=O) groups excluding carboxylic acids is 2. The third kappa shape index (κ3) is 2.53. The van der Waals surface area contributed by atoms with Crippen LogP contribution in [-0.2, 0) is 9.53 Å². The molecule has 162 valence electrons. The van der Waals surface area contributed by atoms with Gasteiger partial charge in [-0.15, -0.1) is 0 Å². The van der Waals surface area contributed by atoms with E-state index in [1.54, 1.807) is 0 Å². The molecule has 2 aromatic rings. The van der Waals surface area contributed by atoms with Crippen LogP contribution in [0.1, 0.15) is 51.6 Å². The normalized spacial score (nSPS) is 33.3. The first-order valence-corrected chi connectivity index (χ1v) is 11.4. The van der Waals surface area contributed by atoms with Gasteiger partial charge in [0.15, 0.2) is 0 Å². The molecule has 1 aromatic carbocycles. The lowest BCUT2D eigenvalue weighted by Gasteiger charge is -2.56. The third-order valence-electron chi connectivity index (χ3n) is 8.11. The number of nitrogens with zero attached hydrogens (tertiary/aromatic N) is 3. The Morgan fingerprint density at radius 3 is 2.55 bits per heavy atom. The van der Waals surface area contributed by atoms with E-state index >= 15 is 0 Å². The highest BCUT2D eigenvalue weighted by atomic mass is 16.6. The maximum Gasteiger partial charge on any atom is 0.410 e. The molecule has 4 atom stereocenters. The minimum absolute atomic E-state index is 0.00669. The van der Waals surface area contributed by atoms with Gasteiger partial charge in [-0.05, 0) is 57.4 Å². The minimum Gasteiger partial charge on any atom is -0.444 e. The van der Waals surface area contributed by atoms with Gasteiger partial charge in [-0.25, -0.2) is 9.78 Å². The molecule has 3 fully saturated rings. The molecule has 2 bridgehead atoms. The highest BCUT2D eigenvalue weighted by Crippen LogP contribution is 2.65. The Morgan fingerprint density at radius 1 is 1.16 bits per heavy atom. The molecular formula is C25H29N3O3. The molecule has 4 aliphatic rings. The van der Waals surface area contributed by atoms with Crippen LogP contribution >= 0.6 is 0 Å². The van der Waals surface area contributed by atoms with Crippen molar-refractivity contribution in [1.82, 2.24) is 14.5 Å². The molecule has 1 amide bonds. The summed E-state index contributed by atoms with van der Waals surface area (Å²) in [6.45, 7) is 6.97. The van der Waals surface area contributed by atoms with Crippen molar-refractivity contribution in [1.29, 1.82) is 0 Å².